The molecular formula is C15H22ClNO5. The number of rotatable bonds is 6. The van der Waals surface area contributed by atoms with E-state index in [9.17, 15) is 14.7 Å². The highest BCUT2D eigenvalue weighted by Gasteiger charge is 2.60. The lowest BCUT2D eigenvalue weighted by atomic mass is 9.76. The number of nitrogens with one attached hydrogen (secondary N) is 1. The largest absolute Gasteiger partial charge is 0.458 e. The van der Waals surface area contributed by atoms with Crippen molar-refractivity contribution in [2.24, 2.45) is 11.8 Å². The molecule has 3 fully saturated rings. The Labute approximate surface area is 134 Å². The van der Waals surface area contributed by atoms with Gasteiger partial charge >= 0.3 is 0 Å². The number of aliphatic hydroxyl groups is 1. The highest BCUT2D eigenvalue weighted by atomic mass is 35.5. The Hall–Kier alpha value is -0.850. The van der Waals surface area contributed by atoms with Crippen molar-refractivity contribution in [2.45, 2.75) is 62.6 Å². The lowest BCUT2D eigenvalue weighted by Gasteiger charge is -2.38. The van der Waals surface area contributed by atoms with Crippen LogP contribution in [0.5, 0.6) is 0 Å². The fourth-order valence-corrected chi connectivity index (χ4v) is 4.40. The maximum Gasteiger partial charge on any atom is 0.293 e. The zero-order valence-corrected chi connectivity index (χ0v) is 13.3. The molecule has 1 aliphatic carbocycles. The van der Waals surface area contributed by atoms with Crippen LogP contribution in [0.4, 0.5) is 0 Å². The van der Waals surface area contributed by atoms with Crippen molar-refractivity contribution < 1.29 is 24.2 Å². The van der Waals surface area contributed by atoms with Gasteiger partial charge in [0.1, 0.15) is 5.60 Å². The van der Waals surface area contributed by atoms with E-state index in [1.807, 2.05) is 0 Å². The third kappa shape index (κ3) is 2.51. The van der Waals surface area contributed by atoms with E-state index >= 15 is 0 Å². The van der Waals surface area contributed by atoms with Gasteiger partial charge in [-0.3, -0.25) is 9.59 Å². The summed E-state index contributed by atoms with van der Waals surface area (Å²) in [6.45, 7) is 2.04. The smallest absolute Gasteiger partial charge is 0.293 e. The number of halogens is 1. The summed E-state index contributed by atoms with van der Waals surface area (Å²) in [6.07, 6.45) is 2.78. The van der Waals surface area contributed by atoms with Gasteiger partial charge in [0, 0.05) is 11.8 Å². The Kier molecular flexibility index (Phi) is 4.36. The van der Waals surface area contributed by atoms with Gasteiger partial charge in [0.15, 0.2) is 0 Å². The first-order valence-electron chi connectivity index (χ1n) is 7.84. The summed E-state index contributed by atoms with van der Waals surface area (Å²) in [7, 11) is 0. The molecule has 2 N–H and O–H groups in total. The molecule has 2 heterocycles. The standard InChI is InChI=1S/C15H22ClNO5/c1-15(21-7-18)9(5-6-16)14(20)17-13(15)11(19)8-3-2-4-10-12(8)22-10/h7-13,19H,2-6H2,1H3,(H,17,20)/t8-,9+,10-,11+,12+,13+,15+/m1/s1. The van der Waals surface area contributed by atoms with Crippen molar-refractivity contribution in [1.29, 1.82) is 0 Å². The molecular weight excluding hydrogens is 310 g/mol. The predicted octanol–water partition coefficient (Wildman–Crippen LogP) is 0.590. The summed E-state index contributed by atoms with van der Waals surface area (Å²) < 4.78 is 10.9. The number of alkyl halides is 1. The molecule has 1 amide bonds. The molecule has 0 radical (unpaired) electrons. The maximum atomic E-state index is 12.2. The first kappa shape index (κ1) is 16.0. The lowest BCUT2D eigenvalue weighted by molar-refractivity contribution is -0.153. The van der Waals surface area contributed by atoms with Crippen molar-refractivity contribution in [3.63, 3.8) is 0 Å². The molecule has 22 heavy (non-hydrogen) atoms. The zero-order valence-electron chi connectivity index (χ0n) is 12.5. The molecule has 0 aromatic heterocycles. The fraction of sp³-hybridized carbons (Fsp3) is 0.867. The molecule has 1 saturated carbocycles. The number of ether oxygens (including phenoxy) is 2. The Balaban J connectivity index is 1.81. The second-order valence-corrected chi connectivity index (χ2v) is 7.02. The van der Waals surface area contributed by atoms with E-state index in [4.69, 9.17) is 21.1 Å². The number of fused-ring (bicyclic) bond motifs is 1. The van der Waals surface area contributed by atoms with E-state index in [1.165, 1.54) is 0 Å². The Morgan fingerprint density at radius 1 is 1.59 bits per heavy atom. The normalized spacial score (nSPS) is 44.9. The quantitative estimate of drug-likeness (QED) is 0.422. The predicted molar refractivity (Wildman–Crippen MR) is 78.3 cm³/mol. The summed E-state index contributed by atoms with van der Waals surface area (Å²) >= 11 is 5.77. The second-order valence-electron chi connectivity index (χ2n) is 6.64. The molecule has 124 valence electrons. The van der Waals surface area contributed by atoms with Gasteiger partial charge in [0.05, 0.1) is 30.3 Å². The third-order valence-electron chi connectivity index (χ3n) is 5.47. The third-order valence-corrected chi connectivity index (χ3v) is 5.69. The average molecular weight is 332 g/mol. The van der Waals surface area contributed by atoms with E-state index < -0.39 is 23.7 Å². The van der Waals surface area contributed by atoms with Crippen molar-refractivity contribution in [3.05, 3.63) is 0 Å². The summed E-state index contributed by atoms with van der Waals surface area (Å²) in [5.74, 6) is -0.517. The molecule has 0 unspecified atom stereocenters. The van der Waals surface area contributed by atoms with Crippen LogP contribution in [0.3, 0.4) is 0 Å². The minimum absolute atomic E-state index is 0.0339. The highest BCUT2D eigenvalue weighted by molar-refractivity contribution is 6.18. The van der Waals surface area contributed by atoms with Crippen LogP contribution in [-0.4, -0.2) is 53.3 Å². The highest BCUT2D eigenvalue weighted by Crippen LogP contribution is 2.45. The van der Waals surface area contributed by atoms with Gasteiger partial charge in [0.25, 0.3) is 6.47 Å². The molecule has 0 aromatic carbocycles. The molecule has 7 heteroatoms. The van der Waals surface area contributed by atoms with Crippen LogP contribution in [0, 0.1) is 11.8 Å². The van der Waals surface area contributed by atoms with E-state index in [-0.39, 0.29) is 29.9 Å². The molecule has 3 rings (SSSR count). The summed E-state index contributed by atoms with van der Waals surface area (Å²) in [5.41, 5.74) is -1.09. The molecule has 0 spiro atoms. The molecule has 0 aromatic rings. The van der Waals surface area contributed by atoms with Crippen LogP contribution in [0.25, 0.3) is 0 Å². The van der Waals surface area contributed by atoms with Crippen LogP contribution < -0.4 is 5.32 Å². The van der Waals surface area contributed by atoms with E-state index in [2.05, 4.69) is 5.32 Å². The maximum absolute atomic E-state index is 12.2. The van der Waals surface area contributed by atoms with Gasteiger partial charge < -0.3 is 19.9 Å². The number of carbonyl (C=O) groups is 2. The first-order chi connectivity index (χ1) is 10.5. The molecule has 6 nitrogen and oxygen atoms in total. The Morgan fingerprint density at radius 2 is 2.36 bits per heavy atom. The first-order valence-corrected chi connectivity index (χ1v) is 8.37. The van der Waals surface area contributed by atoms with Crippen LogP contribution in [0.15, 0.2) is 0 Å². The van der Waals surface area contributed by atoms with E-state index in [0.717, 1.165) is 19.3 Å². The van der Waals surface area contributed by atoms with E-state index in [0.29, 0.717) is 12.9 Å². The van der Waals surface area contributed by atoms with E-state index in [1.54, 1.807) is 6.92 Å². The topological polar surface area (TPSA) is 88.2 Å². The average Bonchev–Trinajstić information content (AvgIpc) is 3.24. The molecule has 2 aliphatic heterocycles. The second kappa shape index (κ2) is 5.98. The summed E-state index contributed by atoms with van der Waals surface area (Å²) in [6, 6.07) is -0.633. The number of carbonyl (C=O) groups excluding carboxylic acids is 2. The van der Waals surface area contributed by atoms with Gasteiger partial charge in [-0.15, -0.1) is 11.6 Å². The SMILES string of the molecule is C[C@]1(OC=O)[C@@H](CCCl)C(=O)N[C@H]1[C@@H](O)[C@H]1CCC[C@H]2O[C@@H]12. The number of hydrogen-bond donors (Lipinski definition) is 2. The minimum Gasteiger partial charge on any atom is -0.458 e. The van der Waals surface area contributed by atoms with Crippen molar-refractivity contribution >= 4 is 24.0 Å². The lowest BCUT2D eigenvalue weighted by Crippen LogP contribution is -2.55. The zero-order chi connectivity index (χ0) is 15.9. The summed E-state index contributed by atoms with van der Waals surface area (Å²) in [4.78, 5) is 23.2. The van der Waals surface area contributed by atoms with Crippen LogP contribution in [0.1, 0.15) is 32.6 Å². The van der Waals surface area contributed by atoms with Crippen molar-refractivity contribution in [1.82, 2.24) is 5.32 Å². The number of hydrogen-bond acceptors (Lipinski definition) is 5. The Bertz CT molecular complexity index is 461. The monoisotopic (exact) mass is 331 g/mol. The minimum atomic E-state index is -1.09. The van der Waals surface area contributed by atoms with Crippen molar-refractivity contribution in [3.8, 4) is 0 Å². The molecule has 2 saturated heterocycles. The van der Waals surface area contributed by atoms with Gasteiger partial charge in [-0.25, -0.2) is 0 Å². The number of amides is 1. The fourth-order valence-electron chi connectivity index (χ4n) is 4.18. The van der Waals surface area contributed by atoms with Crippen LogP contribution >= 0.6 is 11.6 Å². The molecule has 3 aliphatic rings. The molecule has 7 atom stereocenters. The Morgan fingerprint density at radius 3 is 3.05 bits per heavy atom. The van der Waals surface area contributed by atoms with Gasteiger partial charge in [-0.1, -0.05) is 6.42 Å². The summed E-state index contributed by atoms with van der Waals surface area (Å²) in [5, 5.41) is 13.6. The number of aliphatic hydroxyl groups excluding tert-OH is 1. The molecule has 0 bridgehead atoms. The van der Waals surface area contributed by atoms with Crippen LogP contribution in [-0.2, 0) is 19.1 Å². The van der Waals surface area contributed by atoms with Gasteiger partial charge in [-0.2, -0.15) is 0 Å². The number of epoxide rings is 1. The van der Waals surface area contributed by atoms with Crippen molar-refractivity contribution in [2.75, 3.05) is 5.88 Å². The van der Waals surface area contributed by atoms with Gasteiger partial charge in [0.2, 0.25) is 5.91 Å². The van der Waals surface area contributed by atoms with Gasteiger partial charge in [-0.05, 0) is 26.2 Å². The van der Waals surface area contributed by atoms with Crippen LogP contribution in [0.2, 0.25) is 0 Å².